The van der Waals surface area contributed by atoms with Crippen molar-refractivity contribution in [1.82, 2.24) is 4.57 Å². The third-order valence-electron chi connectivity index (χ3n) is 12.5. The minimum absolute atomic E-state index is 0.868. The summed E-state index contributed by atoms with van der Waals surface area (Å²) in [5.41, 5.74) is 17.3. The van der Waals surface area contributed by atoms with Crippen molar-refractivity contribution in [3.8, 4) is 39.1 Å². The Kier molecular flexibility index (Phi) is 8.31. The molecule has 61 heavy (non-hydrogen) atoms. The van der Waals surface area contributed by atoms with Crippen LogP contribution in [0.4, 0.5) is 17.1 Å². The van der Waals surface area contributed by atoms with Gasteiger partial charge in [-0.1, -0.05) is 152 Å². The molecule has 9 aromatic carbocycles. The number of fused-ring (bicyclic) bond motifs is 7. The van der Waals surface area contributed by atoms with Gasteiger partial charge in [0.2, 0.25) is 0 Å². The van der Waals surface area contributed by atoms with Crippen molar-refractivity contribution in [2.24, 2.45) is 0 Å². The summed E-state index contributed by atoms with van der Waals surface area (Å²) in [6.45, 7) is 0. The molecule has 0 saturated heterocycles. The Morgan fingerprint density at radius 3 is 1.87 bits per heavy atom. The van der Waals surface area contributed by atoms with Crippen LogP contribution < -0.4 is 4.90 Å². The van der Waals surface area contributed by atoms with E-state index >= 15 is 0 Å². The van der Waals surface area contributed by atoms with Crippen molar-refractivity contribution in [3.63, 3.8) is 0 Å². The van der Waals surface area contributed by atoms with Gasteiger partial charge in [-0.25, -0.2) is 0 Å². The zero-order chi connectivity index (χ0) is 40.3. The Bertz CT molecular complexity index is 3460. The number of anilines is 3. The molecule has 0 amide bonds. The first-order valence-electron chi connectivity index (χ1n) is 21.1. The highest BCUT2D eigenvalue weighted by Crippen LogP contribution is 2.45. The van der Waals surface area contributed by atoms with Gasteiger partial charge < -0.3 is 13.9 Å². The lowest BCUT2D eigenvalue weighted by Crippen LogP contribution is -2.10. The van der Waals surface area contributed by atoms with E-state index in [4.69, 9.17) is 4.42 Å². The van der Waals surface area contributed by atoms with Gasteiger partial charge in [0.05, 0.1) is 16.6 Å². The minimum Gasteiger partial charge on any atom is -0.456 e. The lowest BCUT2D eigenvalue weighted by Gasteiger charge is -2.27. The summed E-state index contributed by atoms with van der Waals surface area (Å²) >= 11 is 0. The molecule has 0 fully saturated rings. The highest BCUT2D eigenvalue weighted by atomic mass is 16.3. The van der Waals surface area contributed by atoms with Gasteiger partial charge in [-0.05, 0) is 129 Å². The number of nitrogens with zero attached hydrogens (tertiary/aromatic N) is 2. The van der Waals surface area contributed by atoms with E-state index in [2.05, 4.69) is 222 Å². The van der Waals surface area contributed by atoms with E-state index in [1.54, 1.807) is 0 Å². The van der Waals surface area contributed by atoms with E-state index in [0.717, 1.165) is 51.8 Å². The van der Waals surface area contributed by atoms with E-state index in [1.807, 2.05) is 6.07 Å². The van der Waals surface area contributed by atoms with Crippen molar-refractivity contribution in [3.05, 3.63) is 224 Å². The number of rotatable bonds is 7. The molecule has 11 aromatic rings. The Morgan fingerprint density at radius 2 is 1.08 bits per heavy atom. The summed E-state index contributed by atoms with van der Waals surface area (Å²) in [4.78, 5) is 2.37. The van der Waals surface area contributed by atoms with Gasteiger partial charge in [-0.15, -0.1) is 0 Å². The molecule has 0 aliphatic heterocycles. The molecule has 2 aromatic heterocycles. The predicted octanol–water partition coefficient (Wildman–Crippen LogP) is 16.1. The summed E-state index contributed by atoms with van der Waals surface area (Å²) in [5.74, 6) is 0. The second-order valence-corrected chi connectivity index (χ2v) is 16.0. The predicted molar refractivity (Wildman–Crippen MR) is 256 cm³/mol. The number of para-hydroxylation sites is 2. The van der Waals surface area contributed by atoms with Crippen LogP contribution in [0.25, 0.3) is 88.8 Å². The van der Waals surface area contributed by atoms with E-state index in [0.29, 0.717) is 0 Å². The largest absolute Gasteiger partial charge is 0.456 e. The van der Waals surface area contributed by atoms with Crippen molar-refractivity contribution in [1.29, 1.82) is 0 Å². The molecule has 0 saturated carbocycles. The van der Waals surface area contributed by atoms with Crippen LogP contribution in [-0.2, 0) is 6.42 Å². The molecular formula is C58H40N2O. The monoisotopic (exact) mass is 780 g/mol. The topological polar surface area (TPSA) is 21.3 Å². The molecule has 3 heteroatoms. The summed E-state index contributed by atoms with van der Waals surface area (Å²) in [6.07, 6.45) is 6.76. The molecule has 0 unspecified atom stereocenters. The molecule has 0 radical (unpaired) electrons. The maximum absolute atomic E-state index is 6.43. The van der Waals surface area contributed by atoms with Crippen molar-refractivity contribution < 1.29 is 4.42 Å². The molecule has 0 atom stereocenters. The molecular weight excluding hydrogens is 741 g/mol. The Labute approximate surface area is 354 Å². The van der Waals surface area contributed by atoms with Crippen LogP contribution in [0.1, 0.15) is 17.7 Å². The fourth-order valence-corrected chi connectivity index (χ4v) is 9.69. The normalized spacial score (nSPS) is 12.4. The third-order valence-corrected chi connectivity index (χ3v) is 12.5. The van der Waals surface area contributed by atoms with E-state index < -0.39 is 0 Å². The Morgan fingerprint density at radius 1 is 0.459 bits per heavy atom. The summed E-state index contributed by atoms with van der Waals surface area (Å²) < 4.78 is 8.86. The molecule has 288 valence electrons. The molecule has 0 N–H and O–H groups in total. The average molecular weight is 781 g/mol. The summed E-state index contributed by atoms with van der Waals surface area (Å²) in [5, 5.41) is 6.03. The van der Waals surface area contributed by atoms with Gasteiger partial charge >= 0.3 is 0 Å². The number of allylic oxidation sites excluding steroid dienone is 1. The highest BCUT2D eigenvalue weighted by Gasteiger charge is 2.21. The highest BCUT2D eigenvalue weighted by molar-refractivity contribution is 6.13. The lowest BCUT2D eigenvalue weighted by atomic mass is 9.91. The third kappa shape index (κ3) is 5.89. The fraction of sp³-hybridized carbons (Fsp3) is 0.0345. The van der Waals surface area contributed by atoms with Crippen LogP contribution in [0.3, 0.4) is 0 Å². The fourth-order valence-electron chi connectivity index (χ4n) is 9.69. The molecule has 12 rings (SSSR count). The molecule has 2 heterocycles. The van der Waals surface area contributed by atoms with Crippen LogP contribution >= 0.6 is 0 Å². The second-order valence-electron chi connectivity index (χ2n) is 16.0. The van der Waals surface area contributed by atoms with Crippen molar-refractivity contribution >= 4 is 66.8 Å². The van der Waals surface area contributed by atoms with Gasteiger partial charge in [0.25, 0.3) is 0 Å². The molecule has 3 nitrogen and oxygen atoms in total. The molecule has 1 aliphatic rings. The molecule has 1 aliphatic carbocycles. The SMILES string of the molecule is C1=Cc2c(c3ccccc3n2-c2cccc(-c3ccc(N(c4ccc(-c5cccc6cccc(-c7ccccc7)c56)cc4)c4cccc5oc6ccccc6c45)cc3)c2)CC1. The maximum Gasteiger partial charge on any atom is 0.137 e. The number of furan rings is 1. The number of aromatic nitrogens is 1. The zero-order valence-electron chi connectivity index (χ0n) is 33.5. The molecule has 0 bridgehead atoms. The maximum atomic E-state index is 6.43. The first kappa shape index (κ1) is 35.1. The second kappa shape index (κ2) is 14.4. The molecule has 0 spiro atoms. The number of hydrogen-bond donors (Lipinski definition) is 0. The standard InChI is InChI=1S/C58H40N2O/c1-2-14-40(15-3-1)47-23-11-16-42-17-12-24-48(57(42)47)41-32-36-45(37-33-41)59(54-27-13-29-56-58(54)51-22-6-9-28-55(51)61-56)44-34-30-39(31-35-44)43-18-10-19-46(38-43)60-52-25-7-4-20-49(52)50-21-5-8-26-53(50)60/h1-4,6-20,22-38H,5,21H2. The Balaban J connectivity index is 0.972. The zero-order valence-corrected chi connectivity index (χ0v) is 33.5. The van der Waals surface area contributed by atoms with Crippen molar-refractivity contribution in [2.75, 3.05) is 4.90 Å². The Hall–Kier alpha value is -7.88. The van der Waals surface area contributed by atoms with Gasteiger partial charge in [-0.2, -0.15) is 0 Å². The van der Waals surface area contributed by atoms with Gasteiger partial charge in [0.15, 0.2) is 0 Å². The van der Waals surface area contributed by atoms with Crippen LogP contribution in [-0.4, -0.2) is 4.57 Å². The summed E-state index contributed by atoms with van der Waals surface area (Å²) in [6, 6.07) is 74.5. The van der Waals surface area contributed by atoms with Crippen LogP contribution in [0, 0.1) is 0 Å². The van der Waals surface area contributed by atoms with E-state index in [-0.39, 0.29) is 0 Å². The number of aryl methyl sites for hydroxylation is 1. The van der Waals surface area contributed by atoms with Gasteiger partial charge in [0, 0.05) is 33.5 Å². The number of hydrogen-bond acceptors (Lipinski definition) is 2. The number of benzene rings is 9. The lowest BCUT2D eigenvalue weighted by molar-refractivity contribution is 0.669. The summed E-state index contributed by atoms with van der Waals surface area (Å²) in [7, 11) is 0. The van der Waals surface area contributed by atoms with Crippen LogP contribution in [0.2, 0.25) is 0 Å². The van der Waals surface area contributed by atoms with Crippen LogP contribution in [0.5, 0.6) is 0 Å². The van der Waals surface area contributed by atoms with Gasteiger partial charge in [0.1, 0.15) is 11.2 Å². The first-order chi connectivity index (χ1) is 30.3. The van der Waals surface area contributed by atoms with Crippen molar-refractivity contribution in [2.45, 2.75) is 12.8 Å². The smallest absolute Gasteiger partial charge is 0.137 e. The van der Waals surface area contributed by atoms with Gasteiger partial charge in [-0.3, -0.25) is 0 Å². The minimum atomic E-state index is 0.868. The van der Waals surface area contributed by atoms with Crippen LogP contribution in [0.15, 0.2) is 217 Å². The van der Waals surface area contributed by atoms with E-state index in [1.165, 1.54) is 72.0 Å². The first-order valence-corrected chi connectivity index (χ1v) is 21.1. The average Bonchev–Trinajstić information content (AvgIpc) is 3.89. The van der Waals surface area contributed by atoms with E-state index in [9.17, 15) is 0 Å². The quantitative estimate of drug-likeness (QED) is 0.161.